The third-order valence-electron chi connectivity index (χ3n) is 7.46. The van der Waals surface area contributed by atoms with Gasteiger partial charge < -0.3 is 9.47 Å². The van der Waals surface area contributed by atoms with E-state index in [0.29, 0.717) is 5.02 Å². The van der Waals surface area contributed by atoms with E-state index in [-0.39, 0.29) is 55.0 Å². The molecule has 2 aromatic rings. The maximum absolute atomic E-state index is 15.4. The quantitative estimate of drug-likeness (QED) is 0.505. The van der Waals surface area contributed by atoms with Gasteiger partial charge in [-0.1, -0.05) is 32.9 Å². The lowest BCUT2D eigenvalue weighted by molar-refractivity contribution is -0.145. The first kappa shape index (κ1) is 24.9. The van der Waals surface area contributed by atoms with E-state index < -0.39 is 50.1 Å². The highest BCUT2D eigenvalue weighted by Gasteiger charge is 2.67. The Morgan fingerprint density at radius 2 is 1.74 bits per heavy atom. The number of esters is 1. The first-order valence-corrected chi connectivity index (χ1v) is 12.8. The summed E-state index contributed by atoms with van der Waals surface area (Å²) >= 11 is 5.97. The number of carbonyl (C=O) groups is 1. The second-order valence-electron chi connectivity index (χ2n) is 9.36. The van der Waals surface area contributed by atoms with Crippen LogP contribution in [0.25, 0.3) is 0 Å². The lowest BCUT2D eigenvalue weighted by Crippen LogP contribution is -2.57. The first-order valence-electron chi connectivity index (χ1n) is 10.9. The number of halogens is 3. The molecule has 184 valence electrons. The normalized spacial score (nSPS) is 29.9. The molecule has 2 aliphatic heterocycles. The van der Waals surface area contributed by atoms with Crippen LogP contribution in [0.4, 0.5) is 8.78 Å². The van der Waals surface area contributed by atoms with Gasteiger partial charge in [-0.05, 0) is 55.2 Å². The molecule has 0 bridgehead atoms. The van der Waals surface area contributed by atoms with E-state index in [4.69, 9.17) is 21.1 Å². The molecular weight excluding hydrogens is 486 g/mol. The second-order valence-corrected chi connectivity index (χ2v) is 12.0. The smallest absolute Gasteiger partial charge is 0.309 e. The van der Waals surface area contributed by atoms with Crippen molar-refractivity contribution in [2.24, 2.45) is 23.7 Å². The van der Waals surface area contributed by atoms with Crippen LogP contribution >= 0.6 is 11.6 Å². The number of carbonyl (C=O) groups excluding carboxylic acids is 1. The van der Waals surface area contributed by atoms with Gasteiger partial charge >= 0.3 is 5.97 Å². The van der Waals surface area contributed by atoms with Gasteiger partial charge in [0.15, 0.2) is 21.4 Å². The number of sulfone groups is 1. The fourth-order valence-electron chi connectivity index (χ4n) is 6.11. The number of hydrogen-bond acceptors (Lipinski definition) is 5. The summed E-state index contributed by atoms with van der Waals surface area (Å²) in [6.45, 7) is 3.58. The van der Waals surface area contributed by atoms with Crippen molar-refractivity contribution in [3.63, 3.8) is 0 Å². The molecule has 1 aliphatic carbocycles. The minimum atomic E-state index is -4.27. The Morgan fingerprint density at radius 1 is 1.09 bits per heavy atom. The third-order valence-corrected chi connectivity index (χ3v) is 10.3. The minimum absolute atomic E-state index is 0. The molecule has 0 aromatic heterocycles. The summed E-state index contributed by atoms with van der Waals surface area (Å²) in [5.41, 5.74) is -0.297. The van der Waals surface area contributed by atoms with Crippen molar-refractivity contribution in [3.8, 4) is 5.75 Å². The summed E-state index contributed by atoms with van der Waals surface area (Å²) in [5, 5.41) is 0.353. The van der Waals surface area contributed by atoms with Crippen LogP contribution in [0, 0.1) is 35.3 Å². The summed E-state index contributed by atoms with van der Waals surface area (Å²) in [7, 11) is -4.27. The molecule has 34 heavy (non-hydrogen) atoms. The van der Waals surface area contributed by atoms with Crippen LogP contribution in [0.5, 0.6) is 5.75 Å². The van der Waals surface area contributed by atoms with Crippen molar-refractivity contribution in [2.45, 2.75) is 49.9 Å². The van der Waals surface area contributed by atoms with Crippen molar-refractivity contribution >= 4 is 27.4 Å². The van der Waals surface area contributed by atoms with Crippen LogP contribution < -0.4 is 4.74 Å². The summed E-state index contributed by atoms with van der Waals surface area (Å²) in [6, 6.07) is 7.51. The van der Waals surface area contributed by atoms with Crippen LogP contribution in [0.1, 0.15) is 39.7 Å². The average molecular weight is 513 g/mol. The Balaban J connectivity index is 0.00000274. The van der Waals surface area contributed by atoms with Gasteiger partial charge in [0.2, 0.25) is 0 Å². The molecule has 0 N–H and O–H groups in total. The van der Waals surface area contributed by atoms with Gasteiger partial charge in [0.05, 0.1) is 23.0 Å². The Kier molecular flexibility index (Phi) is 6.22. The Bertz CT molecular complexity index is 1230. The number of rotatable bonds is 3. The van der Waals surface area contributed by atoms with Crippen molar-refractivity contribution in [1.29, 1.82) is 0 Å². The molecule has 1 saturated carbocycles. The van der Waals surface area contributed by atoms with Gasteiger partial charge in [0.1, 0.15) is 16.7 Å². The van der Waals surface area contributed by atoms with Gasteiger partial charge in [0, 0.05) is 16.9 Å². The fraction of sp³-hybridized carbons (Fsp3) is 0.480. The van der Waals surface area contributed by atoms with Crippen LogP contribution in [-0.2, 0) is 24.1 Å². The second kappa shape index (κ2) is 8.48. The number of ether oxygens (including phenoxy) is 2. The molecule has 3 aliphatic rings. The topological polar surface area (TPSA) is 69.7 Å². The predicted molar refractivity (Wildman–Crippen MR) is 123 cm³/mol. The SMILES string of the molecule is C.CC(C)[C@H]1C(=O)O[C@@H]2CC[C@@]3(S(=O)(=O)c4ccc(Cl)cc4)c4c(F)ccc(F)c4OC[C@H]3[C@H]12. The molecular formula is C25H27ClF2O5S. The lowest BCUT2D eigenvalue weighted by atomic mass is 9.62. The Hall–Kier alpha value is -2.19. The van der Waals surface area contributed by atoms with E-state index in [1.54, 1.807) is 0 Å². The zero-order valence-corrected chi connectivity index (χ0v) is 19.6. The molecule has 2 fully saturated rings. The van der Waals surface area contributed by atoms with Crippen LogP contribution in [0.2, 0.25) is 5.02 Å². The number of benzene rings is 2. The maximum Gasteiger partial charge on any atom is 0.309 e. The highest BCUT2D eigenvalue weighted by Crippen LogP contribution is 2.61. The molecule has 5 atom stereocenters. The van der Waals surface area contributed by atoms with Crippen molar-refractivity contribution in [2.75, 3.05) is 6.61 Å². The summed E-state index contributed by atoms with van der Waals surface area (Å²) < 4.78 is 68.3. The van der Waals surface area contributed by atoms with Crippen molar-refractivity contribution in [3.05, 3.63) is 58.6 Å². The summed E-state index contributed by atoms with van der Waals surface area (Å²) in [5.74, 6) is -4.44. The Morgan fingerprint density at radius 3 is 2.38 bits per heavy atom. The zero-order valence-electron chi connectivity index (χ0n) is 18.1. The summed E-state index contributed by atoms with van der Waals surface area (Å²) in [4.78, 5) is 12.7. The van der Waals surface area contributed by atoms with Gasteiger partial charge in [-0.25, -0.2) is 17.2 Å². The molecule has 1 saturated heterocycles. The molecule has 2 heterocycles. The van der Waals surface area contributed by atoms with Gasteiger partial charge in [-0.3, -0.25) is 4.79 Å². The standard InChI is InChI=1S/C24H23ClF2O5S.CH4/c1-12(2)19-20-15-11-31-22-17(27)8-7-16(26)21(22)24(15,10-9-18(20)32-23(19)28)33(29,30)14-5-3-13(25)4-6-14;/h3-8,12,15,18-20H,9-11H2,1-2H3;1H4/t15-,18+,19+,20-,24-;/m0./s1. The molecule has 9 heteroatoms. The van der Waals surface area contributed by atoms with E-state index in [9.17, 15) is 17.6 Å². The molecule has 0 unspecified atom stereocenters. The lowest BCUT2D eigenvalue weighted by Gasteiger charge is -2.51. The molecule has 0 spiro atoms. The van der Waals surface area contributed by atoms with E-state index in [1.807, 2.05) is 13.8 Å². The summed E-state index contributed by atoms with van der Waals surface area (Å²) in [6.07, 6.45) is -0.304. The van der Waals surface area contributed by atoms with Gasteiger partial charge in [-0.2, -0.15) is 0 Å². The van der Waals surface area contributed by atoms with Crippen LogP contribution in [-0.4, -0.2) is 27.1 Å². The van der Waals surface area contributed by atoms with E-state index in [2.05, 4.69) is 0 Å². The van der Waals surface area contributed by atoms with E-state index >= 15 is 4.39 Å². The van der Waals surface area contributed by atoms with E-state index in [0.717, 1.165) is 12.1 Å². The number of hydrogen-bond donors (Lipinski definition) is 0. The monoisotopic (exact) mass is 512 g/mol. The molecule has 5 rings (SSSR count). The van der Waals surface area contributed by atoms with Gasteiger partial charge in [0.25, 0.3) is 0 Å². The first-order chi connectivity index (χ1) is 15.6. The molecule has 0 amide bonds. The molecule has 2 aromatic carbocycles. The maximum atomic E-state index is 15.4. The highest BCUT2D eigenvalue weighted by molar-refractivity contribution is 7.92. The minimum Gasteiger partial charge on any atom is -0.490 e. The van der Waals surface area contributed by atoms with Gasteiger partial charge in [-0.15, -0.1) is 0 Å². The predicted octanol–water partition coefficient (Wildman–Crippen LogP) is 5.54. The van der Waals surface area contributed by atoms with Crippen LogP contribution in [0.3, 0.4) is 0 Å². The Labute approximate surface area is 203 Å². The number of fused-ring (bicyclic) bond motifs is 5. The largest absolute Gasteiger partial charge is 0.490 e. The average Bonchev–Trinajstić information content (AvgIpc) is 3.12. The molecule has 0 radical (unpaired) electrons. The molecule has 5 nitrogen and oxygen atoms in total. The van der Waals surface area contributed by atoms with Crippen molar-refractivity contribution in [1.82, 2.24) is 0 Å². The van der Waals surface area contributed by atoms with E-state index in [1.165, 1.54) is 24.3 Å². The highest BCUT2D eigenvalue weighted by atomic mass is 35.5. The van der Waals surface area contributed by atoms with Crippen molar-refractivity contribution < 1.29 is 31.5 Å². The zero-order chi connectivity index (χ0) is 23.7. The fourth-order valence-corrected chi connectivity index (χ4v) is 8.63. The van der Waals surface area contributed by atoms with Crippen LogP contribution in [0.15, 0.2) is 41.3 Å². The third kappa shape index (κ3) is 3.28.